The average molecular weight is 170 g/mol. The van der Waals surface area contributed by atoms with E-state index < -0.39 is 13.4 Å². The number of hydrogen-bond donors (Lipinski definition) is 0. The minimum absolute atomic E-state index is 0.244. The largest absolute Gasteiger partial charge is 0.365 e. The standard InChI is InChI=1S/C3H8ClNO3Si/c1-9(2,3-4)8-5(6)7/h3H2,1-2H3. The topological polar surface area (TPSA) is 52.4 Å². The van der Waals surface area contributed by atoms with Crippen LogP contribution in [-0.2, 0) is 4.53 Å². The van der Waals surface area contributed by atoms with Crippen LogP contribution < -0.4 is 0 Å². The molecule has 54 valence electrons. The summed E-state index contributed by atoms with van der Waals surface area (Å²) >= 11 is 5.37. The van der Waals surface area contributed by atoms with Gasteiger partial charge in [-0.25, -0.2) is 0 Å². The maximum atomic E-state index is 9.73. The first kappa shape index (κ1) is 8.71. The van der Waals surface area contributed by atoms with Gasteiger partial charge in [-0.15, -0.1) is 21.7 Å². The first-order chi connectivity index (χ1) is 3.98. The van der Waals surface area contributed by atoms with Gasteiger partial charge < -0.3 is 4.53 Å². The van der Waals surface area contributed by atoms with Crippen molar-refractivity contribution in [3.05, 3.63) is 10.1 Å². The predicted octanol–water partition coefficient (Wildman–Crippen LogP) is 1.18. The number of nitrogens with zero attached hydrogens (tertiary/aromatic N) is 1. The van der Waals surface area contributed by atoms with Gasteiger partial charge in [-0.2, -0.15) is 0 Å². The Balaban J connectivity index is 3.71. The number of alkyl halides is 1. The second-order valence-corrected chi connectivity index (χ2v) is 6.98. The summed E-state index contributed by atoms with van der Waals surface area (Å²) in [5.41, 5.74) is 0.244. The van der Waals surface area contributed by atoms with Crippen LogP contribution in [0.2, 0.25) is 13.1 Å². The van der Waals surface area contributed by atoms with E-state index in [0.29, 0.717) is 0 Å². The van der Waals surface area contributed by atoms with Gasteiger partial charge in [0.25, 0.3) is 13.4 Å². The summed E-state index contributed by atoms with van der Waals surface area (Å²) in [5.74, 6) is 0. The lowest BCUT2D eigenvalue weighted by atomic mass is 11.8. The molecule has 0 amide bonds. The van der Waals surface area contributed by atoms with E-state index >= 15 is 0 Å². The van der Waals surface area contributed by atoms with Crippen molar-refractivity contribution in [3.8, 4) is 0 Å². The summed E-state index contributed by atoms with van der Waals surface area (Å²) in [6.45, 7) is 3.37. The maximum Gasteiger partial charge on any atom is 0.284 e. The van der Waals surface area contributed by atoms with Gasteiger partial charge in [0.1, 0.15) is 0 Å². The van der Waals surface area contributed by atoms with Crippen LogP contribution in [0, 0.1) is 10.1 Å². The van der Waals surface area contributed by atoms with Crippen LogP contribution in [0.25, 0.3) is 0 Å². The Kier molecular flexibility index (Phi) is 2.93. The molecule has 4 nitrogen and oxygen atoms in total. The van der Waals surface area contributed by atoms with Crippen LogP contribution in [0.3, 0.4) is 0 Å². The smallest absolute Gasteiger partial charge is 0.284 e. The third-order valence-corrected chi connectivity index (χ3v) is 3.86. The molecule has 0 radical (unpaired) electrons. The van der Waals surface area contributed by atoms with Gasteiger partial charge in [0.2, 0.25) is 0 Å². The molecule has 0 unspecified atom stereocenters. The Morgan fingerprint density at radius 2 is 2.22 bits per heavy atom. The zero-order valence-corrected chi connectivity index (χ0v) is 7.01. The molecule has 9 heavy (non-hydrogen) atoms. The van der Waals surface area contributed by atoms with Crippen molar-refractivity contribution >= 4 is 19.9 Å². The number of rotatable bonds is 3. The molecule has 0 aliphatic rings. The summed E-state index contributed by atoms with van der Waals surface area (Å²) in [5, 5.41) is 8.95. The summed E-state index contributed by atoms with van der Waals surface area (Å²) in [4.78, 5) is 9.73. The molecule has 0 saturated carbocycles. The van der Waals surface area contributed by atoms with Crippen LogP contribution >= 0.6 is 11.6 Å². The fourth-order valence-corrected chi connectivity index (χ4v) is 0.825. The average Bonchev–Trinajstić information content (AvgIpc) is 1.63. The van der Waals surface area contributed by atoms with Crippen molar-refractivity contribution in [1.82, 2.24) is 0 Å². The lowest BCUT2D eigenvalue weighted by Gasteiger charge is -2.14. The lowest BCUT2D eigenvalue weighted by molar-refractivity contribution is -0.721. The van der Waals surface area contributed by atoms with E-state index in [-0.39, 0.29) is 5.50 Å². The summed E-state index contributed by atoms with van der Waals surface area (Å²) in [7, 11) is -2.17. The predicted molar refractivity (Wildman–Crippen MR) is 36.3 cm³/mol. The van der Waals surface area contributed by atoms with Crippen molar-refractivity contribution < 1.29 is 9.61 Å². The molecule has 0 saturated heterocycles. The molecule has 0 N–H and O–H groups in total. The van der Waals surface area contributed by atoms with E-state index in [1.165, 1.54) is 0 Å². The highest BCUT2D eigenvalue weighted by molar-refractivity contribution is 6.77. The van der Waals surface area contributed by atoms with E-state index in [2.05, 4.69) is 4.53 Å². The normalized spacial score (nSPS) is 11.0. The van der Waals surface area contributed by atoms with Crippen molar-refractivity contribution in [2.24, 2.45) is 0 Å². The molecule has 0 fully saturated rings. The van der Waals surface area contributed by atoms with Crippen LogP contribution in [0.1, 0.15) is 0 Å². The Morgan fingerprint density at radius 3 is 2.33 bits per heavy atom. The van der Waals surface area contributed by atoms with Crippen LogP contribution in [-0.4, -0.2) is 18.9 Å². The van der Waals surface area contributed by atoms with Gasteiger partial charge in [-0.3, -0.25) is 0 Å². The molecule has 0 atom stereocenters. The second-order valence-electron chi connectivity index (χ2n) is 2.21. The molecule has 0 spiro atoms. The number of halogens is 1. The van der Waals surface area contributed by atoms with E-state index in [0.717, 1.165) is 0 Å². The molecule has 0 aromatic carbocycles. The highest BCUT2D eigenvalue weighted by atomic mass is 35.5. The zero-order valence-electron chi connectivity index (χ0n) is 5.26. The summed E-state index contributed by atoms with van der Waals surface area (Å²) in [6, 6.07) is 0. The fourth-order valence-electron chi connectivity index (χ4n) is 0.226. The molecule has 0 aromatic heterocycles. The quantitative estimate of drug-likeness (QED) is 0.276. The highest BCUT2D eigenvalue weighted by Gasteiger charge is 2.24. The lowest BCUT2D eigenvalue weighted by Crippen LogP contribution is -2.35. The molecule has 0 aliphatic heterocycles. The molecule has 0 aromatic rings. The first-order valence-corrected chi connectivity index (χ1v) is 6.02. The van der Waals surface area contributed by atoms with E-state index in [1.54, 1.807) is 13.1 Å². The van der Waals surface area contributed by atoms with E-state index in [1.807, 2.05) is 0 Å². The fraction of sp³-hybridized carbons (Fsp3) is 1.00. The molecular weight excluding hydrogens is 162 g/mol. The first-order valence-electron chi connectivity index (χ1n) is 2.37. The van der Waals surface area contributed by atoms with Gasteiger partial charge in [0, 0.05) is 5.50 Å². The Bertz CT molecular complexity index is 118. The van der Waals surface area contributed by atoms with Crippen molar-refractivity contribution in [2.75, 3.05) is 5.50 Å². The summed E-state index contributed by atoms with van der Waals surface area (Å²) < 4.78 is 4.32. The van der Waals surface area contributed by atoms with Gasteiger partial charge in [0.15, 0.2) is 0 Å². The van der Waals surface area contributed by atoms with Crippen molar-refractivity contribution in [1.29, 1.82) is 0 Å². The van der Waals surface area contributed by atoms with Gasteiger partial charge in [-0.05, 0) is 13.1 Å². The van der Waals surface area contributed by atoms with Gasteiger partial charge >= 0.3 is 0 Å². The maximum absolute atomic E-state index is 9.73. The van der Waals surface area contributed by atoms with Crippen molar-refractivity contribution in [3.63, 3.8) is 0 Å². The molecular formula is C3H8ClNO3Si. The van der Waals surface area contributed by atoms with Crippen LogP contribution in [0.4, 0.5) is 0 Å². The van der Waals surface area contributed by atoms with Gasteiger partial charge in [0.05, 0.1) is 0 Å². The SMILES string of the molecule is C[Si](C)(CCl)O[N+](=O)[O-]. The Labute approximate surface area is 59.0 Å². The monoisotopic (exact) mass is 169 g/mol. The number of hydrogen-bond acceptors (Lipinski definition) is 3. The van der Waals surface area contributed by atoms with Crippen molar-refractivity contribution in [2.45, 2.75) is 13.1 Å². The highest BCUT2D eigenvalue weighted by Crippen LogP contribution is 2.05. The minimum Gasteiger partial charge on any atom is -0.365 e. The van der Waals surface area contributed by atoms with Crippen LogP contribution in [0.5, 0.6) is 0 Å². The van der Waals surface area contributed by atoms with E-state index in [9.17, 15) is 10.1 Å². The zero-order chi connectivity index (χ0) is 7.49. The third kappa shape index (κ3) is 4.23. The second kappa shape index (κ2) is 3.02. The third-order valence-electron chi connectivity index (χ3n) is 0.643. The molecule has 0 rings (SSSR count). The molecule has 6 heteroatoms. The van der Waals surface area contributed by atoms with E-state index in [4.69, 9.17) is 11.6 Å². The van der Waals surface area contributed by atoms with Crippen LogP contribution in [0.15, 0.2) is 0 Å². The summed E-state index contributed by atoms with van der Waals surface area (Å²) in [6.07, 6.45) is 0. The van der Waals surface area contributed by atoms with Gasteiger partial charge in [-0.1, -0.05) is 0 Å². The Morgan fingerprint density at radius 1 is 1.78 bits per heavy atom. The Hall–Kier alpha value is -0.293. The molecule has 0 heterocycles. The minimum atomic E-state index is -2.17. The molecule has 0 bridgehead atoms. The molecule has 0 aliphatic carbocycles.